The zero-order valence-electron chi connectivity index (χ0n) is 16.4. The highest BCUT2D eigenvalue weighted by Gasteiger charge is 2.31. The highest BCUT2D eigenvalue weighted by atomic mass is 35.5. The van der Waals surface area contributed by atoms with Gasteiger partial charge in [-0.25, -0.2) is 4.79 Å². The minimum atomic E-state index is -4.58. The number of rotatable bonds is 8. The normalized spacial score (nSPS) is 13.3. The van der Waals surface area contributed by atoms with Crippen LogP contribution in [-0.2, 0) is 20.4 Å². The Labute approximate surface area is 179 Å². The Morgan fingerprint density at radius 1 is 1.13 bits per heavy atom. The lowest BCUT2D eigenvalue weighted by Gasteiger charge is -2.17. The zero-order valence-corrected chi connectivity index (χ0v) is 17.2. The molecular formula is C19H17ClF3NO7. The first-order valence-corrected chi connectivity index (χ1v) is 9.03. The number of ether oxygens (including phenoxy) is 4. The molecule has 0 bridgehead atoms. The molecule has 0 aliphatic rings. The van der Waals surface area contributed by atoms with Gasteiger partial charge < -0.3 is 18.9 Å². The number of carbonyl (C=O) groups excluding carboxylic acids is 1. The molecule has 0 fully saturated rings. The summed E-state index contributed by atoms with van der Waals surface area (Å²) < 4.78 is 58.8. The number of benzene rings is 2. The van der Waals surface area contributed by atoms with E-state index in [1.165, 1.54) is 27.0 Å². The van der Waals surface area contributed by atoms with Crippen LogP contribution in [0.15, 0.2) is 36.4 Å². The maximum atomic E-state index is 12.8. The second-order valence-corrected chi connectivity index (χ2v) is 6.54. The molecule has 2 rings (SSSR count). The number of halogens is 4. The Balaban J connectivity index is 2.27. The highest BCUT2D eigenvalue weighted by molar-refractivity contribution is 6.32. The minimum Gasteiger partial charge on any atom is -0.472 e. The zero-order chi connectivity index (χ0) is 23.3. The van der Waals surface area contributed by atoms with Crippen LogP contribution in [-0.4, -0.2) is 30.4 Å². The molecule has 0 heterocycles. The van der Waals surface area contributed by atoms with Crippen molar-refractivity contribution in [1.29, 1.82) is 0 Å². The van der Waals surface area contributed by atoms with Gasteiger partial charge in [0.15, 0.2) is 12.4 Å². The summed E-state index contributed by atoms with van der Waals surface area (Å²) in [6.07, 6.45) is -6.67. The molecule has 0 spiro atoms. The Bertz CT molecular complexity index is 968. The van der Waals surface area contributed by atoms with Crippen molar-refractivity contribution in [3.63, 3.8) is 0 Å². The van der Waals surface area contributed by atoms with Crippen molar-refractivity contribution in [2.45, 2.75) is 32.4 Å². The van der Waals surface area contributed by atoms with Crippen LogP contribution in [0.2, 0.25) is 5.02 Å². The molecule has 31 heavy (non-hydrogen) atoms. The first kappa shape index (κ1) is 24.2. The first-order valence-electron chi connectivity index (χ1n) is 8.65. The van der Waals surface area contributed by atoms with E-state index < -0.39 is 40.7 Å². The van der Waals surface area contributed by atoms with Crippen LogP contribution in [0.3, 0.4) is 0 Å². The molecule has 2 aromatic rings. The smallest absolute Gasteiger partial charge is 0.416 e. The summed E-state index contributed by atoms with van der Waals surface area (Å²) in [5.74, 6) is -1.29. The topological polar surface area (TPSA) is 97.1 Å². The van der Waals surface area contributed by atoms with Gasteiger partial charge in [0, 0.05) is 19.2 Å². The van der Waals surface area contributed by atoms with E-state index in [9.17, 15) is 28.1 Å². The number of nitro benzene ring substituents is 1. The molecule has 2 unspecified atom stereocenters. The van der Waals surface area contributed by atoms with Crippen LogP contribution in [0.25, 0.3) is 0 Å². The molecule has 0 saturated carbocycles. The van der Waals surface area contributed by atoms with Crippen LogP contribution in [0.1, 0.15) is 19.4 Å². The van der Waals surface area contributed by atoms with Crippen molar-refractivity contribution in [3.8, 4) is 17.2 Å². The molecule has 0 aromatic heterocycles. The Kier molecular flexibility index (Phi) is 7.69. The fourth-order valence-corrected chi connectivity index (χ4v) is 2.46. The van der Waals surface area contributed by atoms with Gasteiger partial charge in [-0.1, -0.05) is 11.6 Å². The van der Waals surface area contributed by atoms with E-state index in [1.807, 2.05) is 0 Å². The predicted molar refractivity (Wildman–Crippen MR) is 102 cm³/mol. The molecule has 0 N–H and O–H groups in total. The molecule has 8 nitrogen and oxygen atoms in total. The number of esters is 1. The average Bonchev–Trinajstić information content (AvgIpc) is 2.68. The summed E-state index contributed by atoms with van der Waals surface area (Å²) in [4.78, 5) is 22.5. The third-order valence-electron chi connectivity index (χ3n) is 3.86. The van der Waals surface area contributed by atoms with E-state index in [-0.39, 0.29) is 22.3 Å². The Hall–Kier alpha value is -3.05. The van der Waals surface area contributed by atoms with Crippen molar-refractivity contribution >= 4 is 23.3 Å². The lowest BCUT2D eigenvalue weighted by molar-refractivity contribution is -0.386. The summed E-state index contributed by atoms with van der Waals surface area (Å²) in [5.41, 5.74) is -1.43. The van der Waals surface area contributed by atoms with Gasteiger partial charge in [-0.2, -0.15) is 13.2 Å². The van der Waals surface area contributed by atoms with Crippen LogP contribution in [0, 0.1) is 10.1 Å². The van der Waals surface area contributed by atoms with Crippen molar-refractivity contribution in [3.05, 3.63) is 57.1 Å². The van der Waals surface area contributed by atoms with E-state index in [4.69, 9.17) is 30.5 Å². The summed E-state index contributed by atoms with van der Waals surface area (Å²) in [5, 5.41) is 11.0. The molecule has 0 aliphatic carbocycles. The number of carbonyl (C=O) groups is 1. The van der Waals surface area contributed by atoms with E-state index in [2.05, 4.69) is 0 Å². The quantitative estimate of drug-likeness (QED) is 0.225. The predicted octanol–water partition coefficient (Wildman–Crippen LogP) is 5.36. The largest absolute Gasteiger partial charge is 0.472 e. The van der Waals surface area contributed by atoms with Gasteiger partial charge >= 0.3 is 17.8 Å². The van der Waals surface area contributed by atoms with Gasteiger partial charge in [0.25, 0.3) is 0 Å². The molecule has 0 saturated heterocycles. The number of hydrogen-bond donors (Lipinski definition) is 0. The fraction of sp³-hybridized carbons (Fsp3) is 0.316. The maximum absolute atomic E-state index is 12.8. The van der Waals surface area contributed by atoms with E-state index in [1.54, 1.807) is 0 Å². The first-order chi connectivity index (χ1) is 14.4. The fourth-order valence-electron chi connectivity index (χ4n) is 2.24. The SMILES string of the molecule is COC(C)OC(=O)C(C)Oc1cc(Oc2ccc(C(F)(F)F)cc2Cl)ccc1[N+](=O)[O-]. The monoisotopic (exact) mass is 463 g/mol. The van der Waals surface area contributed by atoms with Crippen LogP contribution < -0.4 is 9.47 Å². The summed E-state index contributed by atoms with van der Waals surface area (Å²) >= 11 is 5.86. The van der Waals surface area contributed by atoms with Crippen molar-refractivity contribution in [2.75, 3.05) is 7.11 Å². The van der Waals surface area contributed by atoms with E-state index >= 15 is 0 Å². The van der Waals surface area contributed by atoms with Crippen molar-refractivity contribution in [1.82, 2.24) is 0 Å². The summed E-state index contributed by atoms with van der Waals surface area (Å²) in [6, 6.07) is 5.84. The van der Waals surface area contributed by atoms with E-state index in [0.29, 0.717) is 6.07 Å². The van der Waals surface area contributed by atoms with Gasteiger partial charge in [0.1, 0.15) is 11.5 Å². The molecule has 168 valence electrons. The highest BCUT2D eigenvalue weighted by Crippen LogP contribution is 2.38. The van der Waals surface area contributed by atoms with Gasteiger partial charge in [-0.3, -0.25) is 10.1 Å². The van der Waals surface area contributed by atoms with Crippen molar-refractivity contribution in [2.24, 2.45) is 0 Å². The summed E-state index contributed by atoms with van der Waals surface area (Å²) in [6.45, 7) is 2.78. The van der Waals surface area contributed by atoms with Gasteiger partial charge in [-0.15, -0.1) is 0 Å². The Morgan fingerprint density at radius 3 is 2.35 bits per heavy atom. The van der Waals surface area contributed by atoms with E-state index in [0.717, 1.165) is 24.3 Å². The molecule has 2 atom stereocenters. The lowest BCUT2D eigenvalue weighted by atomic mass is 10.2. The standard InChI is InChI=1S/C19H17ClF3NO7/c1-10(18(25)30-11(2)28-3)29-17-9-13(5-6-15(17)24(26)27)31-16-7-4-12(8-14(16)20)19(21,22)23/h4-11H,1-3H3. The number of hydrogen-bond acceptors (Lipinski definition) is 7. The van der Waals surface area contributed by atoms with Crippen LogP contribution >= 0.6 is 11.6 Å². The molecule has 0 radical (unpaired) electrons. The molecule has 12 heteroatoms. The van der Waals surface area contributed by atoms with Gasteiger partial charge in [0.2, 0.25) is 5.75 Å². The summed E-state index contributed by atoms with van der Waals surface area (Å²) in [7, 11) is 1.32. The second-order valence-electron chi connectivity index (χ2n) is 6.13. The maximum Gasteiger partial charge on any atom is 0.416 e. The third-order valence-corrected chi connectivity index (χ3v) is 4.16. The molecule has 2 aromatic carbocycles. The second kappa shape index (κ2) is 9.84. The van der Waals surface area contributed by atoms with Crippen LogP contribution in [0.4, 0.5) is 18.9 Å². The number of methoxy groups -OCH3 is 1. The number of alkyl halides is 3. The molecular weight excluding hydrogens is 447 g/mol. The Morgan fingerprint density at radius 2 is 1.81 bits per heavy atom. The van der Waals surface area contributed by atoms with Gasteiger partial charge in [0.05, 0.1) is 15.5 Å². The van der Waals surface area contributed by atoms with Crippen molar-refractivity contribution < 1.29 is 41.8 Å². The third kappa shape index (κ3) is 6.46. The number of nitro groups is 1. The van der Waals surface area contributed by atoms with Gasteiger partial charge in [-0.05, 0) is 38.1 Å². The number of nitrogens with zero attached hydrogens (tertiary/aromatic N) is 1. The lowest BCUT2D eigenvalue weighted by Crippen LogP contribution is -2.30. The minimum absolute atomic E-state index is 0.0203. The molecule has 0 amide bonds. The van der Waals surface area contributed by atoms with Crippen LogP contribution in [0.5, 0.6) is 17.2 Å². The average molecular weight is 464 g/mol. The molecule has 0 aliphatic heterocycles.